The summed E-state index contributed by atoms with van der Waals surface area (Å²) in [6.45, 7) is 5.00. The van der Waals surface area contributed by atoms with Crippen molar-refractivity contribution in [2.75, 3.05) is 5.32 Å². The van der Waals surface area contributed by atoms with Gasteiger partial charge in [0.1, 0.15) is 5.39 Å². The van der Waals surface area contributed by atoms with E-state index in [1.54, 1.807) is 51.2 Å². The summed E-state index contributed by atoms with van der Waals surface area (Å²) in [5, 5.41) is 18.1. The van der Waals surface area contributed by atoms with Crippen LogP contribution in [0.4, 0.5) is 11.5 Å². The number of fused-ring (bicyclic) bond motifs is 1. The van der Waals surface area contributed by atoms with Crippen molar-refractivity contribution in [3.63, 3.8) is 0 Å². The number of nitrogens with zero attached hydrogens (tertiary/aromatic N) is 3. The van der Waals surface area contributed by atoms with Crippen molar-refractivity contribution in [1.82, 2.24) is 14.8 Å². The number of hydrogen-bond donors (Lipinski definition) is 2. The van der Waals surface area contributed by atoms with Crippen LogP contribution >= 0.6 is 0 Å². The Morgan fingerprint density at radius 3 is 2.48 bits per heavy atom. The Labute approximate surface area is 193 Å². The number of anilines is 2. The van der Waals surface area contributed by atoms with Crippen LogP contribution < -0.4 is 10.9 Å². The number of pyridine rings is 1. The molecule has 2 heterocycles. The van der Waals surface area contributed by atoms with Crippen LogP contribution in [0.2, 0.25) is 0 Å². The van der Waals surface area contributed by atoms with Gasteiger partial charge in [0.2, 0.25) is 0 Å². The summed E-state index contributed by atoms with van der Waals surface area (Å²) in [7, 11) is -3.46. The lowest BCUT2D eigenvalue weighted by atomic mass is 9.96. The Morgan fingerprint density at radius 2 is 1.82 bits per heavy atom. The molecule has 0 radical (unpaired) electrons. The number of rotatable bonds is 4. The first-order chi connectivity index (χ1) is 15.6. The highest BCUT2D eigenvalue weighted by Crippen LogP contribution is 2.36. The minimum Gasteiger partial charge on any atom is -0.338 e. The molecule has 0 bridgehead atoms. The molecule has 1 aliphatic rings. The van der Waals surface area contributed by atoms with E-state index < -0.39 is 14.6 Å². The Bertz CT molecular complexity index is 1360. The molecule has 8 nitrogen and oxygen atoms in total. The minimum absolute atomic E-state index is 0.100. The zero-order valence-corrected chi connectivity index (χ0v) is 19.9. The minimum atomic E-state index is -3.46. The zero-order chi connectivity index (χ0) is 23.8. The molecule has 2 aromatic heterocycles. The molecule has 3 aromatic rings. The second kappa shape index (κ2) is 8.67. The van der Waals surface area contributed by atoms with Crippen molar-refractivity contribution in [1.29, 1.82) is 5.26 Å². The number of sulfone groups is 1. The SMILES string of the molecule is CC(C)(C)S(=O)(=O)c1ccc(Nc2nn([C@H]3CCCCCC3C#N)c3cc[nH]c(=O)c23)cc1. The number of H-pyrrole nitrogens is 1. The second-order valence-electron chi connectivity index (χ2n) is 9.57. The Kier molecular flexibility index (Phi) is 6.06. The molecular formula is C24H29N5O3S. The number of nitrogens with one attached hydrogen (secondary N) is 2. The summed E-state index contributed by atoms with van der Waals surface area (Å²) in [4.78, 5) is 15.7. The fourth-order valence-electron chi connectivity index (χ4n) is 4.38. The third-order valence-corrected chi connectivity index (χ3v) is 8.83. The number of aromatic nitrogens is 3. The first-order valence-electron chi connectivity index (χ1n) is 11.2. The normalized spacial score (nSPS) is 19.7. The molecule has 9 heteroatoms. The van der Waals surface area contributed by atoms with E-state index in [4.69, 9.17) is 5.10 Å². The Hall–Kier alpha value is -3.12. The van der Waals surface area contributed by atoms with Crippen LogP contribution in [0.15, 0.2) is 46.2 Å². The van der Waals surface area contributed by atoms with E-state index in [-0.39, 0.29) is 22.4 Å². The predicted octanol–water partition coefficient (Wildman–Crippen LogP) is 4.69. The monoisotopic (exact) mass is 467 g/mol. The third-order valence-electron chi connectivity index (χ3n) is 6.32. The molecule has 33 heavy (non-hydrogen) atoms. The maximum Gasteiger partial charge on any atom is 0.261 e. The molecule has 1 fully saturated rings. The van der Waals surface area contributed by atoms with Crippen LogP contribution in [-0.4, -0.2) is 27.9 Å². The van der Waals surface area contributed by atoms with Gasteiger partial charge in [-0.1, -0.05) is 19.3 Å². The standard InChI is InChI=1S/C24H29N5O3S/c1-24(2,3)33(31,32)18-11-9-17(10-12-18)27-22-21-20(13-14-26-23(21)30)29(28-22)19-8-6-4-5-7-16(19)15-25/h9-14,16,19H,4-8H2,1-3H3,(H,26,30)(H,27,28)/t16?,19-/m0/s1. The van der Waals surface area contributed by atoms with E-state index in [9.17, 15) is 18.5 Å². The highest BCUT2D eigenvalue weighted by Gasteiger charge is 2.31. The van der Waals surface area contributed by atoms with Gasteiger partial charge in [0.05, 0.1) is 33.2 Å². The molecule has 0 spiro atoms. The van der Waals surface area contributed by atoms with E-state index in [1.807, 2.05) is 10.7 Å². The largest absolute Gasteiger partial charge is 0.338 e. The summed E-state index contributed by atoms with van der Waals surface area (Å²) >= 11 is 0. The van der Waals surface area contributed by atoms with Crippen molar-refractivity contribution in [2.24, 2.45) is 5.92 Å². The number of benzene rings is 1. The molecule has 0 saturated heterocycles. The van der Waals surface area contributed by atoms with Crippen molar-refractivity contribution >= 4 is 32.2 Å². The van der Waals surface area contributed by atoms with Crippen molar-refractivity contribution in [2.45, 2.75) is 68.6 Å². The highest BCUT2D eigenvalue weighted by atomic mass is 32.2. The van der Waals surface area contributed by atoms with Gasteiger partial charge in [-0.05, 0) is 63.9 Å². The summed E-state index contributed by atoms with van der Waals surface area (Å²) in [6, 6.07) is 10.6. The smallest absolute Gasteiger partial charge is 0.261 e. The van der Waals surface area contributed by atoms with Crippen LogP contribution in [0.3, 0.4) is 0 Å². The first kappa shape index (κ1) is 23.1. The van der Waals surface area contributed by atoms with Crippen LogP contribution in [-0.2, 0) is 9.84 Å². The number of hydrogen-bond acceptors (Lipinski definition) is 6. The van der Waals surface area contributed by atoms with Gasteiger partial charge in [-0.3, -0.25) is 9.48 Å². The van der Waals surface area contributed by atoms with Crippen molar-refractivity contribution in [3.8, 4) is 6.07 Å². The zero-order valence-electron chi connectivity index (χ0n) is 19.1. The fraction of sp³-hybridized carbons (Fsp3) is 0.458. The number of aromatic amines is 1. The quantitative estimate of drug-likeness (QED) is 0.537. The lowest BCUT2D eigenvalue weighted by Crippen LogP contribution is -2.27. The average molecular weight is 468 g/mol. The summed E-state index contributed by atoms with van der Waals surface area (Å²) in [5.41, 5.74) is 1.03. The number of nitriles is 1. The summed E-state index contributed by atoms with van der Waals surface area (Å²) in [5.74, 6) is 0.226. The Morgan fingerprint density at radius 1 is 1.12 bits per heavy atom. The lowest BCUT2D eigenvalue weighted by Gasteiger charge is -2.20. The van der Waals surface area contributed by atoms with Gasteiger partial charge >= 0.3 is 0 Å². The fourth-order valence-corrected chi connectivity index (χ4v) is 5.58. The molecule has 174 valence electrons. The van der Waals surface area contributed by atoms with Crippen LogP contribution in [0.5, 0.6) is 0 Å². The van der Waals surface area contributed by atoms with E-state index >= 15 is 0 Å². The molecule has 2 N–H and O–H groups in total. The molecule has 4 rings (SSSR count). The molecular weight excluding hydrogens is 438 g/mol. The molecule has 0 amide bonds. The van der Waals surface area contributed by atoms with E-state index in [0.717, 1.165) is 32.1 Å². The van der Waals surface area contributed by atoms with Gasteiger partial charge in [-0.15, -0.1) is 0 Å². The van der Waals surface area contributed by atoms with Gasteiger partial charge < -0.3 is 10.3 Å². The van der Waals surface area contributed by atoms with Gasteiger partial charge in [0, 0.05) is 11.9 Å². The molecule has 0 aliphatic heterocycles. The van der Waals surface area contributed by atoms with Gasteiger partial charge in [-0.2, -0.15) is 10.4 Å². The summed E-state index contributed by atoms with van der Waals surface area (Å²) < 4.78 is 26.3. The predicted molar refractivity (Wildman–Crippen MR) is 128 cm³/mol. The van der Waals surface area contributed by atoms with E-state index in [2.05, 4.69) is 16.4 Å². The molecule has 1 aliphatic carbocycles. The lowest BCUT2D eigenvalue weighted by molar-refractivity contribution is 0.353. The summed E-state index contributed by atoms with van der Waals surface area (Å²) in [6.07, 6.45) is 6.36. The van der Waals surface area contributed by atoms with E-state index in [1.165, 1.54) is 0 Å². The van der Waals surface area contributed by atoms with Crippen molar-refractivity contribution in [3.05, 3.63) is 46.9 Å². The molecule has 1 aromatic carbocycles. The topological polar surface area (TPSA) is 121 Å². The molecule has 2 atom stereocenters. The molecule has 1 unspecified atom stereocenters. The first-order valence-corrected chi connectivity index (χ1v) is 12.7. The third kappa shape index (κ3) is 4.27. The van der Waals surface area contributed by atoms with Crippen LogP contribution in [0, 0.1) is 17.2 Å². The van der Waals surface area contributed by atoms with Crippen molar-refractivity contribution < 1.29 is 8.42 Å². The van der Waals surface area contributed by atoms with Crippen LogP contribution in [0.1, 0.15) is 58.9 Å². The van der Waals surface area contributed by atoms with Gasteiger partial charge in [0.25, 0.3) is 5.56 Å². The highest BCUT2D eigenvalue weighted by molar-refractivity contribution is 7.92. The second-order valence-corrected chi connectivity index (χ2v) is 12.3. The average Bonchev–Trinajstić information content (AvgIpc) is 2.97. The van der Waals surface area contributed by atoms with Gasteiger partial charge in [0.15, 0.2) is 15.7 Å². The molecule has 1 saturated carbocycles. The van der Waals surface area contributed by atoms with E-state index in [0.29, 0.717) is 22.4 Å². The van der Waals surface area contributed by atoms with Gasteiger partial charge in [-0.25, -0.2) is 8.42 Å². The van der Waals surface area contributed by atoms with Crippen LogP contribution in [0.25, 0.3) is 10.9 Å². The maximum atomic E-state index is 12.7. The maximum absolute atomic E-state index is 12.7. The Balaban J connectivity index is 1.74.